The molecule has 2 aliphatic rings. The second-order valence-corrected chi connectivity index (χ2v) is 7.02. The molecule has 0 aliphatic heterocycles. The maximum Gasteiger partial charge on any atom is 0.326 e. The summed E-state index contributed by atoms with van der Waals surface area (Å²) in [6, 6.07) is 0. The Labute approximate surface area is 117 Å². The predicted molar refractivity (Wildman–Crippen MR) is 76.8 cm³/mol. The van der Waals surface area contributed by atoms with Gasteiger partial charge in [-0.15, -0.1) is 0 Å². The molecule has 3 atom stereocenters. The minimum Gasteiger partial charge on any atom is -0.468 e. The van der Waals surface area contributed by atoms with Gasteiger partial charge in [0.25, 0.3) is 0 Å². The molecule has 0 bridgehead atoms. The number of carbonyl (C=O) groups excluding carboxylic acids is 1. The number of carbonyl (C=O) groups is 1. The lowest BCUT2D eigenvalue weighted by Crippen LogP contribution is -2.62. The number of esters is 1. The lowest BCUT2D eigenvalue weighted by atomic mass is 9.64. The van der Waals surface area contributed by atoms with Crippen molar-refractivity contribution in [2.75, 3.05) is 13.7 Å². The number of hydrogen-bond donors (Lipinski definition) is 1. The molecule has 0 aromatic rings. The Balaban J connectivity index is 2.20. The summed E-state index contributed by atoms with van der Waals surface area (Å²) in [7, 11) is 1.53. The first-order valence-electron chi connectivity index (χ1n) is 7.83. The van der Waals surface area contributed by atoms with Gasteiger partial charge >= 0.3 is 5.97 Å². The van der Waals surface area contributed by atoms with Crippen molar-refractivity contribution in [2.24, 2.45) is 23.7 Å². The van der Waals surface area contributed by atoms with Crippen LogP contribution in [0.25, 0.3) is 0 Å². The first kappa shape index (κ1) is 14.8. The van der Waals surface area contributed by atoms with E-state index >= 15 is 0 Å². The molecule has 2 fully saturated rings. The van der Waals surface area contributed by atoms with E-state index in [1.807, 2.05) is 0 Å². The molecule has 3 heteroatoms. The van der Waals surface area contributed by atoms with Crippen LogP contribution in [0.5, 0.6) is 0 Å². The highest BCUT2D eigenvalue weighted by atomic mass is 16.5. The zero-order chi connectivity index (χ0) is 14.0. The van der Waals surface area contributed by atoms with E-state index in [0.717, 1.165) is 25.3 Å². The summed E-state index contributed by atoms with van der Waals surface area (Å²) < 4.78 is 5.17. The van der Waals surface area contributed by atoms with Crippen LogP contribution in [0.15, 0.2) is 0 Å². The quantitative estimate of drug-likeness (QED) is 0.778. The van der Waals surface area contributed by atoms with Crippen LogP contribution in [0, 0.1) is 23.7 Å². The number of methoxy groups -OCH3 is 1. The van der Waals surface area contributed by atoms with Gasteiger partial charge in [-0.3, -0.25) is 4.79 Å². The molecule has 3 unspecified atom stereocenters. The molecule has 0 spiro atoms. The third kappa shape index (κ3) is 3.13. The molecule has 2 aliphatic carbocycles. The van der Waals surface area contributed by atoms with Crippen LogP contribution in [0.4, 0.5) is 0 Å². The fraction of sp³-hybridized carbons (Fsp3) is 0.938. The highest BCUT2D eigenvalue weighted by Crippen LogP contribution is 2.42. The summed E-state index contributed by atoms with van der Waals surface area (Å²) in [5.74, 6) is 2.25. The van der Waals surface area contributed by atoms with Crippen molar-refractivity contribution in [3.8, 4) is 0 Å². The van der Waals surface area contributed by atoms with Crippen molar-refractivity contribution in [2.45, 2.75) is 58.4 Å². The van der Waals surface area contributed by atoms with Crippen molar-refractivity contribution in [3.05, 3.63) is 0 Å². The monoisotopic (exact) mass is 267 g/mol. The van der Waals surface area contributed by atoms with Gasteiger partial charge in [0.15, 0.2) is 0 Å². The van der Waals surface area contributed by atoms with Crippen LogP contribution in [-0.2, 0) is 9.53 Å². The van der Waals surface area contributed by atoms with Gasteiger partial charge in [0.05, 0.1) is 7.11 Å². The first-order valence-corrected chi connectivity index (χ1v) is 7.83. The molecule has 3 nitrogen and oxygen atoms in total. The number of ether oxygens (including phenoxy) is 1. The summed E-state index contributed by atoms with van der Waals surface area (Å²) in [6.45, 7) is 7.70. The summed E-state index contributed by atoms with van der Waals surface area (Å²) in [5.41, 5.74) is -0.441. The molecule has 2 saturated carbocycles. The fourth-order valence-corrected chi connectivity index (χ4v) is 3.76. The van der Waals surface area contributed by atoms with Gasteiger partial charge in [-0.2, -0.15) is 0 Å². The Morgan fingerprint density at radius 3 is 2.53 bits per heavy atom. The van der Waals surface area contributed by atoms with Crippen LogP contribution in [0.2, 0.25) is 0 Å². The lowest BCUT2D eigenvalue weighted by molar-refractivity contribution is -0.155. The minimum absolute atomic E-state index is 0.0431. The Bertz CT molecular complexity index is 325. The van der Waals surface area contributed by atoms with E-state index in [-0.39, 0.29) is 5.97 Å². The summed E-state index contributed by atoms with van der Waals surface area (Å²) in [5, 5.41) is 3.64. The van der Waals surface area contributed by atoms with E-state index < -0.39 is 5.54 Å². The predicted octanol–water partition coefficient (Wildman–Crippen LogP) is 2.99. The Kier molecular flexibility index (Phi) is 4.54. The van der Waals surface area contributed by atoms with Crippen LogP contribution >= 0.6 is 0 Å². The van der Waals surface area contributed by atoms with Crippen molar-refractivity contribution >= 4 is 5.97 Å². The molecule has 0 saturated heterocycles. The molecule has 1 N–H and O–H groups in total. The van der Waals surface area contributed by atoms with Crippen LogP contribution in [-0.4, -0.2) is 25.2 Å². The molecule has 19 heavy (non-hydrogen) atoms. The Morgan fingerprint density at radius 1 is 1.32 bits per heavy atom. The molecule has 0 aromatic carbocycles. The van der Waals surface area contributed by atoms with Crippen molar-refractivity contribution < 1.29 is 9.53 Å². The molecule has 0 aromatic heterocycles. The van der Waals surface area contributed by atoms with Gasteiger partial charge in [-0.1, -0.05) is 27.2 Å². The number of nitrogens with one attached hydrogen (secondary N) is 1. The van der Waals surface area contributed by atoms with Gasteiger partial charge in [0, 0.05) is 0 Å². The van der Waals surface area contributed by atoms with E-state index in [4.69, 9.17) is 4.74 Å². The van der Waals surface area contributed by atoms with Crippen LogP contribution < -0.4 is 5.32 Å². The van der Waals surface area contributed by atoms with Gasteiger partial charge in [0.1, 0.15) is 5.54 Å². The second-order valence-electron chi connectivity index (χ2n) is 7.02. The summed E-state index contributed by atoms with van der Waals surface area (Å²) >= 11 is 0. The van der Waals surface area contributed by atoms with E-state index in [0.29, 0.717) is 17.8 Å². The highest BCUT2D eigenvalue weighted by Gasteiger charge is 2.50. The third-order valence-corrected chi connectivity index (χ3v) is 5.03. The molecule has 0 heterocycles. The van der Waals surface area contributed by atoms with E-state index in [1.165, 1.54) is 26.4 Å². The van der Waals surface area contributed by atoms with Gasteiger partial charge < -0.3 is 10.1 Å². The lowest BCUT2D eigenvalue weighted by Gasteiger charge is -2.46. The Hall–Kier alpha value is -0.570. The zero-order valence-corrected chi connectivity index (χ0v) is 12.9. The maximum atomic E-state index is 12.5. The standard InChI is InChI=1S/C16H29NO2/c1-11(2)14-8-5-12(3)9-16(14,15(18)19-4)17-10-13-6-7-13/h11-14,17H,5-10H2,1-4H3. The van der Waals surface area contributed by atoms with E-state index in [1.54, 1.807) is 0 Å². The largest absolute Gasteiger partial charge is 0.468 e. The molecule has 0 amide bonds. The maximum absolute atomic E-state index is 12.5. The zero-order valence-electron chi connectivity index (χ0n) is 12.9. The van der Waals surface area contributed by atoms with Crippen molar-refractivity contribution in [3.63, 3.8) is 0 Å². The van der Waals surface area contributed by atoms with E-state index in [9.17, 15) is 4.79 Å². The van der Waals surface area contributed by atoms with Gasteiger partial charge in [0.2, 0.25) is 0 Å². The second kappa shape index (κ2) is 5.82. The van der Waals surface area contributed by atoms with Crippen molar-refractivity contribution in [1.29, 1.82) is 0 Å². The van der Waals surface area contributed by atoms with Crippen LogP contribution in [0.1, 0.15) is 52.9 Å². The summed E-state index contributed by atoms with van der Waals surface area (Å²) in [4.78, 5) is 12.5. The van der Waals surface area contributed by atoms with Crippen LogP contribution in [0.3, 0.4) is 0 Å². The first-order chi connectivity index (χ1) is 8.99. The Morgan fingerprint density at radius 2 is 2.00 bits per heavy atom. The average Bonchev–Trinajstić information content (AvgIpc) is 3.18. The van der Waals surface area contributed by atoms with Gasteiger partial charge in [-0.05, 0) is 55.9 Å². The smallest absolute Gasteiger partial charge is 0.326 e. The van der Waals surface area contributed by atoms with Crippen molar-refractivity contribution in [1.82, 2.24) is 5.32 Å². The molecule has 2 rings (SSSR count). The SMILES string of the molecule is COC(=O)C1(NCC2CC2)CC(C)CCC1C(C)C. The fourth-order valence-electron chi connectivity index (χ4n) is 3.76. The average molecular weight is 267 g/mol. The summed E-state index contributed by atoms with van der Waals surface area (Å²) in [6.07, 6.45) is 5.91. The molecule has 0 radical (unpaired) electrons. The highest BCUT2D eigenvalue weighted by molar-refractivity contribution is 5.81. The molecule has 110 valence electrons. The van der Waals surface area contributed by atoms with Gasteiger partial charge in [-0.25, -0.2) is 0 Å². The normalized spacial score (nSPS) is 35.4. The molecular weight excluding hydrogens is 238 g/mol. The van der Waals surface area contributed by atoms with E-state index in [2.05, 4.69) is 26.1 Å². The third-order valence-electron chi connectivity index (χ3n) is 5.03. The molecular formula is C16H29NO2. The topological polar surface area (TPSA) is 38.3 Å². The number of rotatable bonds is 5. The number of hydrogen-bond acceptors (Lipinski definition) is 3. The minimum atomic E-state index is -0.441.